The molecule has 0 radical (unpaired) electrons. The van der Waals surface area contributed by atoms with Gasteiger partial charge in [-0.25, -0.2) is 0 Å². The van der Waals surface area contributed by atoms with Crippen LogP contribution < -0.4 is 5.32 Å². The van der Waals surface area contributed by atoms with Crippen molar-refractivity contribution in [1.29, 1.82) is 0 Å². The van der Waals surface area contributed by atoms with Crippen LogP contribution in [0.25, 0.3) is 0 Å². The zero-order chi connectivity index (χ0) is 15.2. The maximum Gasteiger partial charge on any atom is 0.225 e. The highest BCUT2D eigenvalue weighted by Crippen LogP contribution is 2.21. The summed E-state index contributed by atoms with van der Waals surface area (Å²) in [6, 6.07) is 7.86. The number of nitrogens with zero attached hydrogens (tertiary/aromatic N) is 1. The molecule has 1 aliphatic rings. The quantitative estimate of drug-likeness (QED) is 0.885. The summed E-state index contributed by atoms with van der Waals surface area (Å²) in [6.07, 6.45) is 2.11. The standard InChI is InChI=1S/C16H20N2O3S/c19-16(11-13-3-2-10-22-13)17-12-14(15-4-1-7-21-15)18-5-8-20-9-6-18/h1-4,7,10,14H,5-6,8-9,11-12H2,(H,17,19). The first-order chi connectivity index (χ1) is 10.8. The molecule has 1 unspecified atom stereocenters. The molecule has 22 heavy (non-hydrogen) atoms. The van der Waals surface area contributed by atoms with Gasteiger partial charge in [0.15, 0.2) is 0 Å². The number of carbonyl (C=O) groups is 1. The van der Waals surface area contributed by atoms with Gasteiger partial charge in [-0.1, -0.05) is 6.07 Å². The van der Waals surface area contributed by atoms with Crippen LogP contribution in [0, 0.1) is 0 Å². The molecule has 1 amide bonds. The Morgan fingerprint density at radius 1 is 1.32 bits per heavy atom. The molecule has 5 nitrogen and oxygen atoms in total. The third-order valence-electron chi connectivity index (χ3n) is 3.77. The summed E-state index contributed by atoms with van der Waals surface area (Å²) >= 11 is 1.61. The lowest BCUT2D eigenvalue weighted by Gasteiger charge is -2.33. The van der Waals surface area contributed by atoms with Gasteiger partial charge in [0.05, 0.1) is 31.9 Å². The van der Waals surface area contributed by atoms with Gasteiger partial charge in [-0.05, 0) is 23.6 Å². The van der Waals surface area contributed by atoms with E-state index in [1.807, 2.05) is 29.6 Å². The largest absolute Gasteiger partial charge is 0.468 e. The molecule has 2 aromatic rings. The van der Waals surface area contributed by atoms with Crippen LogP contribution in [0.4, 0.5) is 0 Å². The topological polar surface area (TPSA) is 54.7 Å². The van der Waals surface area contributed by atoms with Gasteiger partial charge in [0, 0.05) is 24.5 Å². The van der Waals surface area contributed by atoms with Crippen LogP contribution >= 0.6 is 11.3 Å². The van der Waals surface area contributed by atoms with E-state index in [1.54, 1.807) is 17.6 Å². The zero-order valence-electron chi connectivity index (χ0n) is 12.4. The van der Waals surface area contributed by atoms with Gasteiger partial charge in [-0.15, -0.1) is 11.3 Å². The number of amides is 1. The van der Waals surface area contributed by atoms with Crippen molar-refractivity contribution in [2.24, 2.45) is 0 Å². The van der Waals surface area contributed by atoms with Crippen LogP contribution in [-0.2, 0) is 16.0 Å². The Hall–Kier alpha value is -1.63. The van der Waals surface area contributed by atoms with Crippen molar-refractivity contribution in [3.05, 3.63) is 46.5 Å². The van der Waals surface area contributed by atoms with Crippen molar-refractivity contribution in [2.75, 3.05) is 32.8 Å². The van der Waals surface area contributed by atoms with Gasteiger partial charge in [0.25, 0.3) is 0 Å². The fourth-order valence-corrected chi connectivity index (χ4v) is 3.33. The number of carbonyl (C=O) groups excluding carboxylic acids is 1. The van der Waals surface area contributed by atoms with Crippen molar-refractivity contribution in [3.63, 3.8) is 0 Å². The number of hydrogen-bond acceptors (Lipinski definition) is 5. The summed E-state index contributed by atoms with van der Waals surface area (Å²) < 4.78 is 11.0. The molecule has 3 rings (SSSR count). The highest BCUT2D eigenvalue weighted by atomic mass is 32.1. The predicted octanol–water partition coefficient (Wildman–Crippen LogP) is 2.07. The molecule has 1 fully saturated rings. The fraction of sp³-hybridized carbons (Fsp3) is 0.438. The average molecular weight is 320 g/mol. The lowest BCUT2D eigenvalue weighted by atomic mass is 10.1. The monoisotopic (exact) mass is 320 g/mol. The number of rotatable bonds is 6. The Morgan fingerprint density at radius 3 is 2.86 bits per heavy atom. The van der Waals surface area contributed by atoms with E-state index in [2.05, 4.69) is 10.2 Å². The third kappa shape index (κ3) is 3.97. The van der Waals surface area contributed by atoms with Crippen LogP contribution in [0.3, 0.4) is 0 Å². The fourth-order valence-electron chi connectivity index (χ4n) is 2.62. The molecule has 1 atom stereocenters. The second-order valence-electron chi connectivity index (χ2n) is 5.24. The second-order valence-corrected chi connectivity index (χ2v) is 6.27. The first-order valence-corrected chi connectivity index (χ1v) is 8.35. The molecule has 0 aromatic carbocycles. The number of ether oxygens (including phenoxy) is 1. The molecular formula is C16H20N2O3S. The van der Waals surface area contributed by atoms with E-state index in [9.17, 15) is 4.79 Å². The third-order valence-corrected chi connectivity index (χ3v) is 4.64. The van der Waals surface area contributed by atoms with Gasteiger partial charge in [-0.3, -0.25) is 9.69 Å². The van der Waals surface area contributed by atoms with Crippen LogP contribution in [0.2, 0.25) is 0 Å². The van der Waals surface area contributed by atoms with Gasteiger partial charge in [0.1, 0.15) is 5.76 Å². The van der Waals surface area contributed by atoms with E-state index < -0.39 is 0 Å². The zero-order valence-corrected chi connectivity index (χ0v) is 13.2. The van der Waals surface area contributed by atoms with Crippen molar-refractivity contribution in [3.8, 4) is 0 Å². The Kier molecular flexibility index (Phi) is 5.26. The van der Waals surface area contributed by atoms with Crippen LogP contribution in [-0.4, -0.2) is 43.7 Å². The summed E-state index contributed by atoms with van der Waals surface area (Å²) in [5.41, 5.74) is 0. The Balaban J connectivity index is 1.59. The lowest BCUT2D eigenvalue weighted by Crippen LogP contribution is -2.43. The van der Waals surface area contributed by atoms with Crippen molar-refractivity contribution >= 4 is 17.2 Å². The lowest BCUT2D eigenvalue weighted by molar-refractivity contribution is -0.120. The maximum atomic E-state index is 12.1. The normalized spacial score (nSPS) is 17.3. The number of morpholine rings is 1. The molecular weight excluding hydrogens is 300 g/mol. The maximum absolute atomic E-state index is 12.1. The van der Waals surface area contributed by atoms with E-state index >= 15 is 0 Å². The van der Waals surface area contributed by atoms with Crippen LogP contribution in [0.15, 0.2) is 40.3 Å². The van der Waals surface area contributed by atoms with Crippen molar-refractivity contribution in [2.45, 2.75) is 12.5 Å². The molecule has 0 spiro atoms. The molecule has 3 heterocycles. The molecule has 118 valence electrons. The van der Waals surface area contributed by atoms with Crippen LogP contribution in [0.5, 0.6) is 0 Å². The smallest absolute Gasteiger partial charge is 0.225 e. The molecule has 6 heteroatoms. The minimum atomic E-state index is 0.0484. The Morgan fingerprint density at radius 2 is 2.18 bits per heavy atom. The van der Waals surface area contributed by atoms with Gasteiger partial charge < -0.3 is 14.5 Å². The molecule has 0 saturated carbocycles. The highest BCUT2D eigenvalue weighted by molar-refractivity contribution is 7.10. The van der Waals surface area contributed by atoms with E-state index in [1.165, 1.54) is 0 Å². The molecule has 0 bridgehead atoms. The molecule has 1 saturated heterocycles. The van der Waals surface area contributed by atoms with E-state index in [0.29, 0.717) is 13.0 Å². The SMILES string of the molecule is O=C(Cc1cccs1)NCC(c1ccco1)N1CCOCC1. The summed E-state index contributed by atoms with van der Waals surface area (Å²) in [6.45, 7) is 3.71. The van der Waals surface area contributed by atoms with Crippen molar-refractivity contribution in [1.82, 2.24) is 10.2 Å². The van der Waals surface area contributed by atoms with Crippen molar-refractivity contribution < 1.29 is 13.9 Å². The number of hydrogen-bond donors (Lipinski definition) is 1. The predicted molar refractivity (Wildman–Crippen MR) is 84.9 cm³/mol. The number of furan rings is 1. The summed E-state index contributed by atoms with van der Waals surface area (Å²) in [5.74, 6) is 0.936. The minimum Gasteiger partial charge on any atom is -0.468 e. The summed E-state index contributed by atoms with van der Waals surface area (Å²) in [5, 5.41) is 5.02. The highest BCUT2D eigenvalue weighted by Gasteiger charge is 2.25. The summed E-state index contributed by atoms with van der Waals surface area (Å²) in [4.78, 5) is 15.5. The Bertz CT molecular complexity index is 562. The first kappa shape index (κ1) is 15.3. The molecule has 0 aliphatic carbocycles. The van der Waals surface area contributed by atoms with E-state index in [-0.39, 0.29) is 11.9 Å². The first-order valence-electron chi connectivity index (χ1n) is 7.47. The summed E-state index contributed by atoms with van der Waals surface area (Å²) in [7, 11) is 0. The van der Waals surface area contributed by atoms with Crippen LogP contribution in [0.1, 0.15) is 16.7 Å². The molecule has 1 N–H and O–H groups in total. The number of thiophene rings is 1. The second kappa shape index (κ2) is 7.58. The molecule has 2 aromatic heterocycles. The van der Waals surface area contributed by atoms with Gasteiger partial charge in [0.2, 0.25) is 5.91 Å². The van der Waals surface area contributed by atoms with E-state index in [4.69, 9.17) is 9.15 Å². The minimum absolute atomic E-state index is 0.0484. The van der Waals surface area contributed by atoms with Gasteiger partial charge in [-0.2, -0.15) is 0 Å². The molecule has 1 aliphatic heterocycles. The van der Waals surface area contributed by atoms with Gasteiger partial charge >= 0.3 is 0 Å². The average Bonchev–Trinajstić information content (AvgIpc) is 3.22. The van der Waals surface area contributed by atoms with E-state index in [0.717, 1.165) is 36.9 Å². The number of nitrogens with one attached hydrogen (secondary N) is 1. The Labute approximate surface area is 133 Å².